The van der Waals surface area contributed by atoms with Gasteiger partial charge in [0.2, 0.25) is 0 Å². The van der Waals surface area contributed by atoms with E-state index in [1.54, 1.807) is 0 Å². The molecule has 0 amide bonds. The van der Waals surface area contributed by atoms with Gasteiger partial charge in [-0.1, -0.05) is 0 Å². The molecule has 0 unspecified atom stereocenters. The Morgan fingerprint density at radius 1 is 1.33 bits per heavy atom. The molecule has 1 atom stereocenters. The van der Waals surface area contributed by atoms with Crippen LogP contribution in [0, 0.1) is 17.1 Å². The van der Waals surface area contributed by atoms with E-state index in [-0.39, 0.29) is 5.56 Å². The first-order valence-electron chi connectivity index (χ1n) is 3.88. The molecular formula is C9H6F4N2. The van der Waals surface area contributed by atoms with Crippen LogP contribution in [0.2, 0.25) is 0 Å². The van der Waals surface area contributed by atoms with Gasteiger partial charge in [-0.25, -0.2) is 4.39 Å². The van der Waals surface area contributed by atoms with Crippen LogP contribution in [0.5, 0.6) is 0 Å². The van der Waals surface area contributed by atoms with E-state index in [4.69, 9.17) is 11.0 Å². The summed E-state index contributed by atoms with van der Waals surface area (Å²) in [5, 5.41) is 8.53. The lowest BCUT2D eigenvalue weighted by Gasteiger charge is -2.16. The standard InChI is InChI=1S/C9H6F4N2/c10-6-2-1-5(4-14)7(3-6)8(15)9(11,12)13/h1-3,8H,15H2/t8-/m1/s1. The zero-order valence-electron chi connectivity index (χ0n) is 7.35. The average molecular weight is 218 g/mol. The Labute approximate surface area is 82.9 Å². The molecule has 0 saturated heterocycles. The highest BCUT2D eigenvalue weighted by Crippen LogP contribution is 2.32. The topological polar surface area (TPSA) is 49.8 Å². The van der Waals surface area contributed by atoms with Crippen molar-refractivity contribution in [3.05, 3.63) is 35.1 Å². The Morgan fingerprint density at radius 3 is 2.40 bits per heavy atom. The van der Waals surface area contributed by atoms with Crippen molar-refractivity contribution in [3.8, 4) is 6.07 Å². The van der Waals surface area contributed by atoms with Gasteiger partial charge in [0.25, 0.3) is 0 Å². The van der Waals surface area contributed by atoms with E-state index in [1.165, 1.54) is 6.07 Å². The van der Waals surface area contributed by atoms with Gasteiger partial charge in [-0.15, -0.1) is 0 Å². The minimum Gasteiger partial charge on any atom is -0.316 e. The molecule has 0 aliphatic rings. The molecule has 0 spiro atoms. The normalized spacial score (nSPS) is 13.3. The quantitative estimate of drug-likeness (QED) is 0.735. The maximum atomic E-state index is 12.7. The lowest BCUT2D eigenvalue weighted by Crippen LogP contribution is -2.29. The van der Waals surface area contributed by atoms with E-state index in [9.17, 15) is 17.6 Å². The van der Waals surface area contributed by atoms with Gasteiger partial charge in [0, 0.05) is 0 Å². The molecule has 0 fully saturated rings. The number of hydrogen-bond acceptors (Lipinski definition) is 2. The molecule has 0 saturated carbocycles. The summed E-state index contributed by atoms with van der Waals surface area (Å²) in [6.07, 6.45) is -4.70. The molecule has 0 bridgehead atoms. The molecule has 0 radical (unpaired) electrons. The molecule has 80 valence electrons. The summed E-state index contributed by atoms with van der Waals surface area (Å²) < 4.78 is 49.4. The smallest absolute Gasteiger partial charge is 0.316 e. The molecule has 6 heteroatoms. The Hall–Kier alpha value is -1.61. The lowest BCUT2D eigenvalue weighted by atomic mass is 10.0. The first-order chi connectivity index (χ1) is 6.86. The fraction of sp³-hybridized carbons (Fsp3) is 0.222. The predicted octanol–water partition coefficient (Wildman–Crippen LogP) is 2.26. The third-order valence-corrected chi connectivity index (χ3v) is 1.82. The number of hydrogen-bond donors (Lipinski definition) is 1. The van der Waals surface area contributed by atoms with Gasteiger partial charge in [-0.3, -0.25) is 0 Å². The largest absolute Gasteiger partial charge is 0.407 e. The average Bonchev–Trinajstić information content (AvgIpc) is 2.15. The summed E-state index contributed by atoms with van der Waals surface area (Å²) in [5.41, 5.74) is 4.05. The second-order valence-corrected chi connectivity index (χ2v) is 2.86. The van der Waals surface area contributed by atoms with Crippen molar-refractivity contribution in [1.29, 1.82) is 5.26 Å². The van der Waals surface area contributed by atoms with Crippen molar-refractivity contribution in [1.82, 2.24) is 0 Å². The first-order valence-corrected chi connectivity index (χ1v) is 3.88. The number of nitrogens with zero attached hydrogens (tertiary/aromatic N) is 1. The Kier molecular flexibility index (Phi) is 2.95. The fourth-order valence-corrected chi connectivity index (χ4v) is 1.07. The second-order valence-electron chi connectivity index (χ2n) is 2.86. The maximum absolute atomic E-state index is 12.7. The van der Waals surface area contributed by atoms with E-state index >= 15 is 0 Å². The molecule has 0 aromatic heterocycles. The van der Waals surface area contributed by atoms with E-state index in [1.807, 2.05) is 0 Å². The van der Waals surface area contributed by atoms with E-state index < -0.39 is 23.6 Å². The van der Waals surface area contributed by atoms with Crippen LogP contribution in [0.1, 0.15) is 17.2 Å². The van der Waals surface area contributed by atoms with Crippen molar-refractivity contribution >= 4 is 0 Å². The van der Waals surface area contributed by atoms with Crippen LogP contribution in [0.25, 0.3) is 0 Å². The van der Waals surface area contributed by atoms with Crippen molar-refractivity contribution in [2.75, 3.05) is 0 Å². The number of benzene rings is 1. The monoisotopic (exact) mass is 218 g/mol. The predicted molar refractivity (Wildman–Crippen MR) is 44.1 cm³/mol. The summed E-state index contributed by atoms with van der Waals surface area (Å²) >= 11 is 0. The number of halogens is 4. The van der Waals surface area contributed by atoms with Crippen molar-refractivity contribution in [2.24, 2.45) is 5.73 Å². The van der Waals surface area contributed by atoms with Crippen LogP contribution >= 0.6 is 0 Å². The third kappa shape index (κ3) is 2.44. The Morgan fingerprint density at radius 2 is 1.93 bits per heavy atom. The molecule has 2 nitrogen and oxygen atoms in total. The van der Waals surface area contributed by atoms with Gasteiger partial charge < -0.3 is 5.73 Å². The third-order valence-electron chi connectivity index (χ3n) is 1.82. The highest BCUT2D eigenvalue weighted by Gasteiger charge is 2.39. The van der Waals surface area contributed by atoms with Crippen LogP contribution in [-0.4, -0.2) is 6.18 Å². The number of alkyl halides is 3. The van der Waals surface area contributed by atoms with Crippen LogP contribution in [0.15, 0.2) is 18.2 Å². The summed E-state index contributed by atoms with van der Waals surface area (Å²) in [6, 6.07) is 1.68. The van der Waals surface area contributed by atoms with Crippen molar-refractivity contribution < 1.29 is 17.6 Å². The van der Waals surface area contributed by atoms with Gasteiger partial charge in [0.05, 0.1) is 11.6 Å². The van der Waals surface area contributed by atoms with Gasteiger partial charge in [0.1, 0.15) is 11.9 Å². The maximum Gasteiger partial charge on any atom is 0.407 e. The summed E-state index contributed by atoms with van der Waals surface area (Å²) in [4.78, 5) is 0. The zero-order valence-corrected chi connectivity index (χ0v) is 7.35. The zero-order chi connectivity index (χ0) is 11.6. The van der Waals surface area contributed by atoms with Crippen LogP contribution < -0.4 is 5.73 Å². The van der Waals surface area contributed by atoms with Crippen LogP contribution in [0.3, 0.4) is 0 Å². The molecule has 0 aliphatic heterocycles. The van der Waals surface area contributed by atoms with Gasteiger partial charge in [0.15, 0.2) is 0 Å². The Bertz CT molecular complexity index is 406. The van der Waals surface area contributed by atoms with E-state index in [2.05, 4.69) is 0 Å². The summed E-state index contributed by atoms with van der Waals surface area (Å²) in [7, 11) is 0. The lowest BCUT2D eigenvalue weighted by molar-refractivity contribution is -0.149. The fourth-order valence-electron chi connectivity index (χ4n) is 1.07. The molecular weight excluding hydrogens is 212 g/mol. The molecule has 15 heavy (non-hydrogen) atoms. The van der Waals surface area contributed by atoms with Gasteiger partial charge in [-0.05, 0) is 23.8 Å². The number of nitriles is 1. The second kappa shape index (κ2) is 3.87. The summed E-state index contributed by atoms with van der Waals surface area (Å²) in [6.45, 7) is 0. The van der Waals surface area contributed by atoms with Crippen LogP contribution in [-0.2, 0) is 0 Å². The highest BCUT2D eigenvalue weighted by atomic mass is 19.4. The van der Waals surface area contributed by atoms with E-state index in [0.29, 0.717) is 6.07 Å². The minimum atomic E-state index is -4.70. The highest BCUT2D eigenvalue weighted by molar-refractivity contribution is 5.40. The van der Waals surface area contributed by atoms with Gasteiger partial charge in [-0.2, -0.15) is 18.4 Å². The summed E-state index contributed by atoms with van der Waals surface area (Å²) in [5.74, 6) is -0.858. The molecule has 0 aliphatic carbocycles. The van der Waals surface area contributed by atoms with E-state index in [0.717, 1.165) is 12.1 Å². The van der Waals surface area contributed by atoms with Crippen molar-refractivity contribution in [3.63, 3.8) is 0 Å². The minimum absolute atomic E-state index is 0.277. The first kappa shape index (κ1) is 11.5. The number of nitrogens with two attached hydrogens (primary N) is 1. The molecule has 1 aromatic rings. The molecule has 0 heterocycles. The molecule has 2 N–H and O–H groups in total. The Balaban J connectivity index is 3.24. The van der Waals surface area contributed by atoms with Gasteiger partial charge >= 0.3 is 6.18 Å². The van der Waals surface area contributed by atoms with Crippen molar-refractivity contribution in [2.45, 2.75) is 12.2 Å². The number of rotatable bonds is 1. The SMILES string of the molecule is N#Cc1ccc(F)cc1[C@@H](N)C(F)(F)F. The molecule has 1 aromatic carbocycles. The molecule has 1 rings (SSSR count). The van der Waals surface area contributed by atoms with Crippen LogP contribution in [0.4, 0.5) is 17.6 Å².